The van der Waals surface area contributed by atoms with Crippen LogP contribution >= 0.6 is 15.9 Å². The van der Waals surface area contributed by atoms with Gasteiger partial charge in [0.25, 0.3) is 0 Å². The summed E-state index contributed by atoms with van der Waals surface area (Å²) >= 11 is 3.35. The van der Waals surface area contributed by atoms with Crippen LogP contribution in [0.2, 0.25) is 0 Å². The van der Waals surface area contributed by atoms with E-state index < -0.39 is 18.0 Å². The summed E-state index contributed by atoms with van der Waals surface area (Å²) in [6, 6.07) is 6.21. The zero-order chi connectivity index (χ0) is 15.1. The van der Waals surface area contributed by atoms with Crippen molar-refractivity contribution in [1.29, 1.82) is 0 Å². The van der Waals surface area contributed by atoms with Crippen molar-refractivity contribution in [2.75, 3.05) is 0 Å². The van der Waals surface area contributed by atoms with E-state index in [2.05, 4.69) is 26.6 Å². The van der Waals surface area contributed by atoms with E-state index in [-0.39, 0.29) is 5.92 Å². The highest BCUT2D eigenvalue weighted by Crippen LogP contribution is 2.11. The predicted octanol–water partition coefficient (Wildman–Crippen LogP) is 2.75. The number of urea groups is 1. The van der Waals surface area contributed by atoms with Gasteiger partial charge in [-0.2, -0.15) is 0 Å². The largest absolute Gasteiger partial charge is 0.480 e. The second-order valence-electron chi connectivity index (χ2n) is 4.98. The molecule has 0 spiro atoms. The second kappa shape index (κ2) is 7.89. The van der Waals surface area contributed by atoms with E-state index in [1.54, 1.807) is 0 Å². The molecule has 0 saturated heterocycles. The molecule has 6 heteroatoms. The molecule has 0 aliphatic rings. The van der Waals surface area contributed by atoms with Gasteiger partial charge >= 0.3 is 12.0 Å². The Hall–Kier alpha value is -1.56. The Balaban J connectivity index is 2.47. The van der Waals surface area contributed by atoms with Crippen molar-refractivity contribution < 1.29 is 14.7 Å². The van der Waals surface area contributed by atoms with E-state index in [0.29, 0.717) is 13.0 Å². The van der Waals surface area contributed by atoms with E-state index in [4.69, 9.17) is 5.11 Å². The summed E-state index contributed by atoms with van der Waals surface area (Å²) in [6.07, 6.45) is 0.402. The first-order chi connectivity index (χ1) is 9.38. The van der Waals surface area contributed by atoms with Crippen LogP contribution in [0.5, 0.6) is 0 Å². The number of hydrogen-bond donors (Lipinski definition) is 3. The van der Waals surface area contributed by atoms with E-state index in [0.717, 1.165) is 10.0 Å². The molecule has 0 radical (unpaired) electrons. The Kier molecular flexibility index (Phi) is 6.51. The van der Waals surface area contributed by atoms with Crippen LogP contribution in [0.1, 0.15) is 25.8 Å². The summed E-state index contributed by atoms with van der Waals surface area (Å²) in [4.78, 5) is 22.7. The monoisotopic (exact) mass is 342 g/mol. The van der Waals surface area contributed by atoms with Crippen LogP contribution in [0.15, 0.2) is 28.7 Å². The maximum atomic E-state index is 11.7. The third-order valence-electron chi connectivity index (χ3n) is 2.65. The second-order valence-corrected chi connectivity index (χ2v) is 5.89. The molecule has 0 aromatic heterocycles. The quantitative estimate of drug-likeness (QED) is 0.743. The Morgan fingerprint density at radius 3 is 2.60 bits per heavy atom. The van der Waals surface area contributed by atoms with Crippen molar-refractivity contribution in [3.63, 3.8) is 0 Å². The van der Waals surface area contributed by atoms with Crippen molar-refractivity contribution in [2.45, 2.75) is 32.9 Å². The fraction of sp³-hybridized carbons (Fsp3) is 0.429. The topological polar surface area (TPSA) is 78.4 Å². The Morgan fingerprint density at radius 1 is 1.35 bits per heavy atom. The van der Waals surface area contributed by atoms with Crippen molar-refractivity contribution in [3.05, 3.63) is 34.3 Å². The lowest BCUT2D eigenvalue weighted by Crippen LogP contribution is -2.46. The average molecular weight is 343 g/mol. The summed E-state index contributed by atoms with van der Waals surface area (Å²) in [5.41, 5.74) is 0.935. The van der Waals surface area contributed by atoms with Gasteiger partial charge < -0.3 is 15.7 Å². The molecule has 0 saturated carbocycles. The number of carboxylic acids is 1. The van der Waals surface area contributed by atoms with Crippen LogP contribution in [0.4, 0.5) is 4.79 Å². The molecule has 0 aliphatic heterocycles. The minimum absolute atomic E-state index is 0.196. The fourth-order valence-corrected chi connectivity index (χ4v) is 2.18. The van der Waals surface area contributed by atoms with Gasteiger partial charge in [-0.15, -0.1) is 0 Å². The molecule has 1 unspecified atom stereocenters. The summed E-state index contributed by atoms with van der Waals surface area (Å²) in [5.74, 6) is -0.821. The minimum atomic E-state index is -1.02. The van der Waals surface area contributed by atoms with Crippen LogP contribution in [0, 0.1) is 5.92 Å². The molecular weight excluding hydrogens is 324 g/mol. The maximum Gasteiger partial charge on any atom is 0.326 e. The number of carboxylic acid groups (broad SMARTS) is 1. The molecule has 20 heavy (non-hydrogen) atoms. The Bertz CT molecular complexity index is 477. The summed E-state index contributed by atoms with van der Waals surface area (Å²) < 4.78 is 0.931. The van der Waals surface area contributed by atoms with Crippen LogP contribution in [0.25, 0.3) is 0 Å². The van der Waals surface area contributed by atoms with Gasteiger partial charge in [-0.05, 0) is 30.0 Å². The van der Waals surface area contributed by atoms with Gasteiger partial charge in [0.1, 0.15) is 6.04 Å². The van der Waals surface area contributed by atoms with E-state index in [1.807, 2.05) is 38.1 Å². The standard InChI is InChI=1S/C14H19BrN2O3/c1-9(2)6-12(13(18)19)17-14(20)16-8-10-4-3-5-11(15)7-10/h3-5,7,9,12H,6,8H2,1-2H3,(H,18,19)(H2,16,17,20). The molecule has 0 fully saturated rings. The molecule has 0 heterocycles. The van der Waals surface area contributed by atoms with Gasteiger partial charge in [-0.25, -0.2) is 9.59 Å². The molecule has 1 atom stereocenters. The van der Waals surface area contributed by atoms with Crippen molar-refractivity contribution >= 4 is 27.9 Å². The summed E-state index contributed by atoms with van der Waals surface area (Å²) in [6.45, 7) is 4.17. The van der Waals surface area contributed by atoms with Gasteiger partial charge in [-0.1, -0.05) is 41.9 Å². The van der Waals surface area contributed by atoms with Gasteiger partial charge in [0.05, 0.1) is 0 Å². The molecule has 5 nitrogen and oxygen atoms in total. The highest BCUT2D eigenvalue weighted by molar-refractivity contribution is 9.10. The first-order valence-corrected chi connectivity index (χ1v) is 7.19. The van der Waals surface area contributed by atoms with E-state index in [9.17, 15) is 9.59 Å². The lowest BCUT2D eigenvalue weighted by molar-refractivity contribution is -0.139. The first-order valence-electron chi connectivity index (χ1n) is 6.40. The average Bonchev–Trinajstić information content (AvgIpc) is 2.35. The molecule has 1 rings (SSSR count). The number of hydrogen-bond acceptors (Lipinski definition) is 2. The number of carbonyl (C=O) groups excluding carboxylic acids is 1. The maximum absolute atomic E-state index is 11.7. The van der Waals surface area contributed by atoms with Crippen molar-refractivity contribution in [1.82, 2.24) is 10.6 Å². The summed E-state index contributed by atoms with van der Waals surface area (Å²) in [7, 11) is 0. The van der Waals surface area contributed by atoms with Gasteiger partial charge in [-0.3, -0.25) is 0 Å². The minimum Gasteiger partial charge on any atom is -0.480 e. The highest BCUT2D eigenvalue weighted by atomic mass is 79.9. The van der Waals surface area contributed by atoms with Gasteiger partial charge in [0, 0.05) is 11.0 Å². The number of amides is 2. The number of carbonyl (C=O) groups is 2. The predicted molar refractivity (Wildman–Crippen MR) is 80.4 cm³/mol. The Labute approximate surface area is 126 Å². The molecule has 2 amide bonds. The zero-order valence-corrected chi connectivity index (χ0v) is 13.1. The molecular formula is C14H19BrN2O3. The lowest BCUT2D eigenvalue weighted by atomic mass is 10.0. The molecule has 0 bridgehead atoms. The SMILES string of the molecule is CC(C)CC(NC(=O)NCc1cccc(Br)c1)C(=O)O. The molecule has 3 N–H and O–H groups in total. The van der Waals surface area contributed by atoms with Crippen LogP contribution in [-0.2, 0) is 11.3 Å². The third kappa shape index (κ3) is 6.06. The number of nitrogens with one attached hydrogen (secondary N) is 2. The molecule has 110 valence electrons. The van der Waals surface area contributed by atoms with Crippen LogP contribution in [-0.4, -0.2) is 23.1 Å². The summed E-state index contributed by atoms with van der Waals surface area (Å²) in [5, 5.41) is 14.2. The molecule has 0 aliphatic carbocycles. The number of benzene rings is 1. The van der Waals surface area contributed by atoms with Gasteiger partial charge in [0.2, 0.25) is 0 Å². The first kappa shape index (κ1) is 16.5. The van der Waals surface area contributed by atoms with E-state index >= 15 is 0 Å². The number of rotatable bonds is 6. The van der Waals surface area contributed by atoms with Crippen molar-refractivity contribution in [3.8, 4) is 0 Å². The molecule has 1 aromatic carbocycles. The third-order valence-corrected chi connectivity index (χ3v) is 3.15. The smallest absolute Gasteiger partial charge is 0.326 e. The highest BCUT2D eigenvalue weighted by Gasteiger charge is 2.20. The Morgan fingerprint density at radius 2 is 2.05 bits per heavy atom. The number of halogens is 1. The van der Waals surface area contributed by atoms with E-state index in [1.165, 1.54) is 0 Å². The lowest BCUT2D eigenvalue weighted by Gasteiger charge is -2.17. The number of aliphatic carboxylic acids is 1. The fourth-order valence-electron chi connectivity index (χ4n) is 1.73. The van der Waals surface area contributed by atoms with Crippen molar-refractivity contribution in [2.24, 2.45) is 5.92 Å². The normalized spacial score (nSPS) is 12.0. The van der Waals surface area contributed by atoms with Crippen LogP contribution < -0.4 is 10.6 Å². The van der Waals surface area contributed by atoms with Gasteiger partial charge in [0.15, 0.2) is 0 Å². The zero-order valence-electron chi connectivity index (χ0n) is 11.5. The molecule has 1 aromatic rings. The van der Waals surface area contributed by atoms with Crippen LogP contribution in [0.3, 0.4) is 0 Å².